The number of nitrogens with zero attached hydrogens (tertiary/aromatic N) is 3. The fraction of sp³-hybridized carbons (Fsp3) is 0.500. The normalized spacial score (nSPS) is 15.9. The number of hydrogen-bond acceptors (Lipinski definition) is 15. The van der Waals surface area contributed by atoms with E-state index in [0.717, 1.165) is 0 Å². The number of likely N-dealkylation sites (tertiary alicyclic amines) is 1. The molecule has 1 fully saturated rings. The highest BCUT2D eigenvalue weighted by Gasteiger charge is 2.41. The van der Waals surface area contributed by atoms with Crippen LogP contribution in [0.25, 0.3) is 0 Å². The molecule has 1 aliphatic rings. The fourth-order valence-electron chi connectivity index (χ4n) is 8.18. The molecular weight excluding hydrogens is 1040 g/mol. The Morgan fingerprint density at radius 3 is 1.73 bits per heavy atom. The monoisotopic (exact) mass is 1120 g/mol. The van der Waals surface area contributed by atoms with Gasteiger partial charge in [-0.05, 0) is 67.7 Å². The van der Waals surface area contributed by atoms with E-state index in [0.29, 0.717) is 23.2 Å². The molecule has 0 aliphatic carbocycles. The molecule has 4 rings (SSSR count). The standard InChI is InChI=1S/C49H70N14O11.C3H7NO2/c1-26(2)39(61-42(67)33(12-8-18-55-49(52)53)57-41(66)32(50)23-38(51)65)45(70)58-34(20-29-14-16-31(64)17-15-29)43(68)62-40(27(3)4)46(71)59-35(22-30-24-54-25-56-30)47(72)63-19-9-13-37(63)44(69)60-36(48(73)74)21-28-10-6-5-7-11-28;1-2(4)3(5)6/h5-7,10-11,14-17,24-27,32-37,39-40,64H,8-9,12-13,18-23,50H2,1-4H3,(H2,51,65)(H,54,56)(H,57,66)(H,58,70)(H,59,71)(H,60,69)(H,61,67)(H,62,68)(H,73,74)(H4,52,53,55);2H,4H2,1H3,(H,5,6)/t32-,33-,34-,35-,36-,37-,39-,40-;/m0./s1. The number of hydrogen-bond donors (Lipinski definition) is 15. The number of phenols is 1. The van der Waals surface area contributed by atoms with Gasteiger partial charge in [-0.1, -0.05) is 70.2 Å². The van der Waals surface area contributed by atoms with Crippen molar-refractivity contribution in [2.24, 2.45) is 45.5 Å². The van der Waals surface area contributed by atoms with Crippen LogP contribution in [0.2, 0.25) is 0 Å². The number of rotatable bonds is 29. The van der Waals surface area contributed by atoms with Crippen molar-refractivity contribution in [1.29, 1.82) is 0 Å². The highest BCUT2D eigenvalue weighted by Crippen LogP contribution is 2.21. The summed E-state index contributed by atoms with van der Waals surface area (Å²) in [5.41, 5.74) is 28.4. The zero-order valence-electron chi connectivity index (χ0n) is 45.4. The summed E-state index contributed by atoms with van der Waals surface area (Å²) in [5.74, 6) is -10.0. The lowest BCUT2D eigenvalue weighted by atomic mass is 9.98. The second-order valence-electron chi connectivity index (χ2n) is 19.9. The molecule has 0 saturated carbocycles. The van der Waals surface area contributed by atoms with Crippen LogP contribution < -0.4 is 60.6 Å². The van der Waals surface area contributed by atoms with Crippen LogP contribution in [-0.2, 0) is 67.2 Å². The number of carbonyl (C=O) groups excluding carboxylic acids is 8. The number of amides is 8. The number of H-pyrrole nitrogens is 1. The number of guanidine groups is 1. The summed E-state index contributed by atoms with van der Waals surface area (Å²) >= 11 is 0. The van der Waals surface area contributed by atoms with Crippen LogP contribution in [0.15, 0.2) is 72.1 Å². The molecule has 2 heterocycles. The molecule has 20 N–H and O–H groups in total. The van der Waals surface area contributed by atoms with Gasteiger partial charge in [0, 0.05) is 44.2 Å². The third-order valence-electron chi connectivity index (χ3n) is 12.6. The van der Waals surface area contributed by atoms with Gasteiger partial charge >= 0.3 is 11.9 Å². The van der Waals surface area contributed by atoms with Gasteiger partial charge < -0.3 is 85.8 Å². The van der Waals surface area contributed by atoms with E-state index in [1.165, 1.54) is 48.6 Å². The highest BCUT2D eigenvalue weighted by atomic mass is 16.4. The van der Waals surface area contributed by atoms with E-state index in [9.17, 15) is 58.2 Å². The van der Waals surface area contributed by atoms with Crippen LogP contribution in [0.5, 0.6) is 5.75 Å². The second-order valence-corrected chi connectivity index (χ2v) is 19.9. The number of aromatic hydroxyl groups is 1. The number of carboxylic acids is 2. The maximum Gasteiger partial charge on any atom is 0.326 e. The van der Waals surface area contributed by atoms with E-state index < -0.39 is 132 Å². The lowest BCUT2D eigenvalue weighted by molar-refractivity contribution is -0.145. The van der Waals surface area contributed by atoms with Crippen molar-refractivity contribution in [3.8, 4) is 5.75 Å². The Labute approximate surface area is 462 Å². The zero-order chi connectivity index (χ0) is 59.8. The maximum absolute atomic E-state index is 14.5. The lowest BCUT2D eigenvalue weighted by Crippen LogP contribution is -2.62. The first kappa shape index (κ1) is 65.6. The van der Waals surface area contributed by atoms with E-state index in [-0.39, 0.29) is 63.3 Å². The number of benzene rings is 2. The number of phenolic OH excluding ortho intramolecular Hbond substituents is 1. The summed E-state index contributed by atoms with van der Waals surface area (Å²) in [5, 5.41) is 43.7. The molecule has 80 heavy (non-hydrogen) atoms. The van der Waals surface area contributed by atoms with E-state index in [1.54, 1.807) is 58.0 Å². The van der Waals surface area contributed by atoms with Gasteiger partial charge in [-0.25, -0.2) is 9.78 Å². The summed E-state index contributed by atoms with van der Waals surface area (Å²) in [6.07, 6.45) is 2.86. The molecule has 1 unspecified atom stereocenters. The van der Waals surface area contributed by atoms with Crippen molar-refractivity contribution in [1.82, 2.24) is 46.8 Å². The summed E-state index contributed by atoms with van der Waals surface area (Å²) in [7, 11) is 0. The van der Waals surface area contributed by atoms with Gasteiger partial charge in [0.25, 0.3) is 0 Å². The number of nitrogens with two attached hydrogens (primary N) is 5. The second kappa shape index (κ2) is 32.3. The quantitative estimate of drug-likeness (QED) is 0.0189. The average molecular weight is 1120 g/mol. The Hall–Kier alpha value is -8.66. The molecule has 1 aromatic heterocycles. The highest BCUT2D eigenvalue weighted by molar-refractivity contribution is 5.98. The first-order valence-electron chi connectivity index (χ1n) is 25.9. The molecule has 1 aliphatic heterocycles. The van der Waals surface area contributed by atoms with Crippen LogP contribution in [-0.4, -0.2) is 163 Å². The van der Waals surface area contributed by atoms with Crippen molar-refractivity contribution in [3.05, 3.63) is 83.9 Å². The predicted octanol–water partition coefficient (Wildman–Crippen LogP) is -2.89. The Bertz CT molecular complexity index is 2600. The number of imidazole rings is 1. The molecule has 0 bridgehead atoms. The molecule has 28 heteroatoms. The number of carboxylic acid groups (broad SMARTS) is 2. The number of aromatic amines is 1. The molecule has 2 aromatic carbocycles. The SMILES string of the molecule is CC(C)[C@H](NC(=O)[C@H](CCCN=C(N)N)NC(=O)[C@@H](N)CC(N)=O)C(=O)N[C@@H](Cc1ccc(O)cc1)C(=O)N[C@H](C(=O)N[C@@H](Cc1cnc[nH]1)C(=O)N1CCC[C@H]1C(=O)N[C@@H](Cc1ccccc1)C(=O)O)C(C)C.CC(N)C(=O)O. The van der Waals surface area contributed by atoms with Crippen LogP contribution in [0.4, 0.5) is 0 Å². The van der Waals surface area contributed by atoms with Crippen molar-refractivity contribution < 1.29 is 63.3 Å². The van der Waals surface area contributed by atoms with Crippen LogP contribution in [0, 0.1) is 11.8 Å². The van der Waals surface area contributed by atoms with E-state index >= 15 is 0 Å². The summed E-state index contributed by atoms with van der Waals surface area (Å²) in [6.45, 7) is 8.19. The summed E-state index contributed by atoms with van der Waals surface area (Å²) < 4.78 is 0. The van der Waals surface area contributed by atoms with E-state index in [1.807, 2.05) is 0 Å². The molecule has 3 aromatic rings. The first-order chi connectivity index (χ1) is 37.7. The molecule has 1 saturated heterocycles. The number of carbonyl (C=O) groups is 10. The van der Waals surface area contributed by atoms with Crippen LogP contribution in [0.3, 0.4) is 0 Å². The number of nitrogens with one attached hydrogen (secondary N) is 7. The average Bonchev–Trinajstić information content (AvgIpc) is 4.11. The Balaban J connectivity index is 0.00000264. The number of aliphatic imine (C=N–C) groups is 1. The summed E-state index contributed by atoms with van der Waals surface area (Å²) in [4.78, 5) is 144. The van der Waals surface area contributed by atoms with E-state index in [4.69, 9.17) is 33.8 Å². The van der Waals surface area contributed by atoms with Gasteiger partial charge in [0.05, 0.1) is 18.8 Å². The van der Waals surface area contributed by atoms with Gasteiger partial charge in [-0.15, -0.1) is 0 Å². The van der Waals surface area contributed by atoms with Crippen molar-refractivity contribution in [3.63, 3.8) is 0 Å². The molecule has 438 valence electrons. The number of aliphatic carboxylic acids is 2. The van der Waals surface area contributed by atoms with Crippen molar-refractivity contribution >= 4 is 65.2 Å². The fourth-order valence-corrected chi connectivity index (χ4v) is 8.18. The third-order valence-corrected chi connectivity index (χ3v) is 12.6. The van der Waals surface area contributed by atoms with Gasteiger partial charge in [0.1, 0.15) is 54.1 Å². The molecular formula is C52H77N15O13. The summed E-state index contributed by atoms with van der Waals surface area (Å²) in [6, 6.07) is 3.44. The largest absolute Gasteiger partial charge is 0.508 e. The molecule has 9 atom stereocenters. The number of primary amides is 1. The van der Waals surface area contributed by atoms with E-state index in [2.05, 4.69) is 46.9 Å². The predicted molar refractivity (Wildman–Crippen MR) is 291 cm³/mol. The molecule has 0 spiro atoms. The van der Waals surface area contributed by atoms with Crippen molar-refractivity contribution in [2.45, 2.75) is 140 Å². The van der Waals surface area contributed by atoms with Crippen LogP contribution in [0.1, 0.15) is 83.5 Å². The Kier molecular flexibility index (Phi) is 26.5. The minimum absolute atomic E-state index is 0.000444. The molecule has 8 amide bonds. The molecule has 28 nitrogen and oxygen atoms in total. The van der Waals surface area contributed by atoms with Gasteiger partial charge in [-0.3, -0.25) is 48.1 Å². The van der Waals surface area contributed by atoms with Gasteiger partial charge in [0.2, 0.25) is 47.3 Å². The minimum Gasteiger partial charge on any atom is -0.508 e. The minimum atomic E-state index is -1.41. The molecule has 0 radical (unpaired) electrons. The zero-order valence-corrected chi connectivity index (χ0v) is 45.4. The number of aromatic nitrogens is 2. The van der Waals surface area contributed by atoms with Crippen molar-refractivity contribution in [2.75, 3.05) is 13.1 Å². The topological polar surface area (TPSA) is 478 Å². The Morgan fingerprint density at radius 1 is 0.675 bits per heavy atom. The smallest absolute Gasteiger partial charge is 0.326 e. The van der Waals surface area contributed by atoms with Gasteiger partial charge in [-0.2, -0.15) is 0 Å². The maximum atomic E-state index is 14.5. The van der Waals surface area contributed by atoms with Gasteiger partial charge in [0.15, 0.2) is 5.96 Å². The Morgan fingerprint density at radius 2 is 1.21 bits per heavy atom. The lowest BCUT2D eigenvalue weighted by Gasteiger charge is -2.31. The third kappa shape index (κ3) is 22.0. The first-order valence-corrected chi connectivity index (χ1v) is 25.9. The van der Waals surface area contributed by atoms with Crippen LogP contribution >= 0.6 is 0 Å².